The van der Waals surface area contributed by atoms with Gasteiger partial charge < -0.3 is 10.2 Å². The summed E-state index contributed by atoms with van der Waals surface area (Å²) in [7, 11) is 0. The van der Waals surface area contributed by atoms with Crippen LogP contribution in [0.25, 0.3) is 0 Å². The molecule has 0 spiro atoms. The van der Waals surface area contributed by atoms with Crippen LogP contribution in [0.2, 0.25) is 0 Å². The van der Waals surface area contributed by atoms with Crippen LogP contribution >= 0.6 is 15.9 Å². The van der Waals surface area contributed by atoms with E-state index in [0.717, 1.165) is 15.7 Å². The highest BCUT2D eigenvalue weighted by Gasteiger charge is 2.13. The van der Waals surface area contributed by atoms with Gasteiger partial charge in [0.25, 0.3) is 5.91 Å². The third-order valence-corrected chi connectivity index (χ3v) is 4.38. The second kappa shape index (κ2) is 7.92. The van der Waals surface area contributed by atoms with Gasteiger partial charge in [0.05, 0.1) is 0 Å². The first-order valence-electron chi connectivity index (χ1n) is 7.36. The Morgan fingerprint density at radius 3 is 2.43 bits per heavy atom. The molecule has 0 saturated carbocycles. The van der Waals surface area contributed by atoms with Crippen LogP contribution in [-0.4, -0.2) is 24.9 Å². The quantitative estimate of drug-likeness (QED) is 0.869. The largest absolute Gasteiger partial charge is 0.350 e. The molecule has 2 rings (SSSR count). The second-order valence-electron chi connectivity index (χ2n) is 5.23. The van der Waals surface area contributed by atoms with Crippen molar-refractivity contribution in [2.75, 3.05) is 18.0 Å². The number of hydrogen-bond donors (Lipinski definition) is 1. The fourth-order valence-electron chi connectivity index (χ4n) is 2.24. The highest BCUT2D eigenvalue weighted by molar-refractivity contribution is 9.10. The Hall–Kier alpha value is -2.14. The Morgan fingerprint density at radius 2 is 1.83 bits per heavy atom. The fraction of sp³-hybridized carbons (Fsp3) is 0.222. The lowest BCUT2D eigenvalue weighted by atomic mass is 10.2. The van der Waals surface area contributed by atoms with Crippen molar-refractivity contribution in [2.24, 2.45) is 0 Å². The summed E-state index contributed by atoms with van der Waals surface area (Å²) < 4.78 is 1.00. The molecule has 0 heterocycles. The van der Waals surface area contributed by atoms with Crippen LogP contribution in [0.3, 0.4) is 0 Å². The highest BCUT2D eigenvalue weighted by Crippen LogP contribution is 2.22. The number of carbonyl (C=O) groups excluding carboxylic acids is 2. The molecule has 0 aliphatic carbocycles. The van der Waals surface area contributed by atoms with Crippen molar-refractivity contribution in [2.45, 2.75) is 13.8 Å². The van der Waals surface area contributed by atoms with Crippen molar-refractivity contribution in [1.82, 2.24) is 5.32 Å². The van der Waals surface area contributed by atoms with Crippen LogP contribution < -0.4 is 10.2 Å². The summed E-state index contributed by atoms with van der Waals surface area (Å²) in [4.78, 5) is 25.6. The molecular formula is C18H19BrN2O2. The number of nitrogens with zero attached hydrogens (tertiary/aromatic N) is 1. The monoisotopic (exact) mass is 374 g/mol. The summed E-state index contributed by atoms with van der Waals surface area (Å²) >= 11 is 3.45. The van der Waals surface area contributed by atoms with Gasteiger partial charge in [-0.1, -0.05) is 34.1 Å². The van der Waals surface area contributed by atoms with Gasteiger partial charge in [0.1, 0.15) is 0 Å². The van der Waals surface area contributed by atoms with Gasteiger partial charge >= 0.3 is 0 Å². The molecule has 2 aromatic carbocycles. The Morgan fingerprint density at radius 1 is 1.13 bits per heavy atom. The standard InChI is InChI=1S/C18H19BrN2O2/c1-13-12-16(8-9-17(13)19)21(14(2)22)11-10-20-18(23)15-6-4-3-5-7-15/h3-9,12H,10-11H2,1-2H3,(H,20,23). The molecule has 0 saturated heterocycles. The van der Waals surface area contributed by atoms with Gasteiger partial charge in [-0.25, -0.2) is 0 Å². The van der Waals surface area contributed by atoms with Crippen LogP contribution in [0.1, 0.15) is 22.8 Å². The third-order valence-electron chi connectivity index (χ3n) is 3.49. The number of hydrogen-bond acceptors (Lipinski definition) is 2. The summed E-state index contributed by atoms with van der Waals surface area (Å²) in [6.07, 6.45) is 0. The fourth-order valence-corrected chi connectivity index (χ4v) is 2.48. The number of amides is 2. The third kappa shape index (κ3) is 4.66. The Balaban J connectivity index is 1.99. The number of rotatable bonds is 5. The average molecular weight is 375 g/mol. The Kier molecular flexibility index (Phi) is 5.93. The molecule has 2 amide bonds. The van der Waals surface area contributed by atoms with Crippen LogP contribution in [0.15, 0.2) is 53.0 Å². The van der Waals surface area contributed by atoms with Gasteiger partial charge in [-0.05, 0) is 42.8 Å². The van der Waals surface area contributed by atoms with E-state index in [9.17, 15) is 9.59 Å². The maximum Gasteiger partial charge on any atom is 0.251 e. The van der Waals surface area contributed by atoms with Crippen LogP contribution in [0.4, 0.5) is 5.69 Å². The molecular weight excluding hydrogens is 356 g/mol. The van der Waals surface area contributed by atoms with E-state index in [1.54, 1.807) is 17.0 Å². The van der Waals surface area contributed by atoms with Crippen molar-refractivity contribution in [3.8, 4) is 0 Å². The lowest BCUT2D eigenvalue weighted by Gasteiger charge is -2.22. The molecule has 5 heteroatoms. The molecule has 0 aliphatic heterocycles. The van der Waals surface area contributed by atoms with Gasteiger partial charge in [0.15, 0.2) is 0 Å². The molecule has 0 aliphatic rings. The first kappa shape index (κ1) is 17.2. The lowest BCUT2D eigenvalue weighted by Crippen LogP contribution is -2.37. The molecule has 120 valence electrons. The first-order chi connectivity index (χ1) is 11.0. The van der Waals surface area contributed by atoms with Gasteiger partial charge in [0.2, 0.25) is 5.91 Å². The Labute approximate surface area is 144 Å². The average Bonchev–Trinajstić information content (AvgIpc) is 2.54. The van der Waals surface area contributed by atoms with E-state index in [0.29, 0.717) is 18.7 Å². The minimum atomic E-state index is -0.138. The van der Waals surface area contributed by atoms with Gasteiger partial charge in [-0.15, -0.1) is 0 Å². The van der Waals surface area contributed by atoms with Crippen LogP contribution in [0.5, 0.6) is 0 Å². The first-order valence-corrected chi connectivity index (χ1v) is 8.16. The number of aryl methyl sites for hydroxylation is 1. The number of anilines is 1. The Bertz CT molecular complexity index is 701. The summed E-state index contributed by atoms with van der Waals surface area (Å²) in [6, 6.07) is 14.8. The molecule has 1 N–H and O–H groups in total. The maximum atomic E-state index is 12.0. The van der Waals surface area contributed by atoms with E-state index in [1.807, 2.05) is 43.3 Å². The predicted molar refractivity (Wildman–Crippen MR) is 95.7 cm³/mol. The van der Waals surface area contributed by atoms with E-state index < -0.39 is 0 Å². The van der Waals surface area contributed by atoms with E-state index in [1.165, 1.54) is 6.92 Å². The minimum Gasteiger partial charge on any atom is -0.350 e. The molecule has 0 radical (unpaired) electrons. The zero-order valence-corrected chi connectivity index (χ0v) is 14.8. The SMILES string of the molecule is CC(=O)N(CCNC(=O)c1ccccc1)c1ccc(Br)c(C)c1. The smallest absolute Gasteiger partial charge is 0.251 e. The van der Waals surface area contributed by atoms with E-state index >= 15 is 0 Å². The van der Waals surface area contributed by atoms with Crippen molar-refractivity contribution < 1.29 is 9.59 Å². The molecule has 2 aromatic rings. The van der Waals surface area contributed by atoms with Crippen molar-refractivity contribution >= 4 is 33.4 Å². The molecule has 0 unspecified atom stereocenters. The molecule has 0 bridgehead atoms. The topological polar surface area (TPSA) is 49.4 Å². The van der Waals surface area contributed by atoms with Gasteiger partial charge in [-0.3, -0.25) is 9.59 Å². The van der Waals surface area contributed by atoms with Crippen LogP contribution in [-0.2, 0) is 4.79 Å². The number of nitrogens with one attached hydrogen (secondary N) is 1. The summed E-state index contributed by atoms with van der Waals surface area (Å²) in [5, 5.41) is 2.84. The molecule has 0 fully saturated rings. The lowest BCUT2D eigenvalue weighted by molar-refractivity contribution is -0.116. The summed E-state index contributed by atoms with van der Waals surface area (Å²) in [5.74, 6) is -0.193. The van der Waals surface area contributed by atoms with Gasteiger partial charge in [-0.2, -0.15) is 0 Å². The zero-order chi connectivity index (χ0) is 16.8. The summed E-state index contributed by atoms with van der Waals surface area (Å²) in [6.45, 7) is 4.32. The van der Waals surface area contributed by atoms with Crippen molar-refractivity contribution in [3.63, 3.8) is 0 Å². The molecule has 0 atom stereocenters. The molecule has 4 nitrogen and oxygen atoms in total. The van der Waals surface area contributed by atoms with Crippen molar-refractivity contribution in [1.29, 1.82) is 0 Å². The number of halogens is 1. The van der Waals surface area contributed by atoms with Gasteiger partial charge in [0, 0.05) is 35.7 Å². The number of carbonyl (C=O) groups is 2. The number of benzene rings is 2. The van der Waals surface area contributed by atoms with Crippen LogP contribution in [0, 0.1) is 6.92 Å². The molecule has 0 aromatic heterocycles. The normalized spacial score (nSPS) is 10.2. The highest BCUT2D eigenvalue weighted by atomic mass is 79.9. The van der Waals surface area contributed by atoms with Crippen molar-refractivity contribution in [3.05, 3.63) is 64.1 Å². The zero-order valence-electron chi connectivity index (χ0n) is 13.2. The maximum absolute atomic E-state index is 12.0. The van der Waals surface area contributed by atoms with E-state index in [-0.39, 0.29) is 11.8 Å². The minimum absolute atomic E-state index is 0.0549. The van der Waals surface area contributed by atoms with E-state index in [4.69, 9.17) is 0 Å². The van der Waals surface area contributed by atoms with E-state index in [2.05, 4.69) is 21.2 Å². The predicted octanol–water partition coefficient (Wildman–Crippen LogP) is 3.54. The second-order valence-corrected chi connectivity index (χ2v) is 6.08. The summed E-state index contributed by atoms with van der Waals surface area (Å²) in [5.41, 5.74) is 2.50. The molecule has 23 heavy (non-hydrogen) atoms.